The third kappa shape index (κ3) is 3.47. The average molecular weight is 311 g/mol. The minimum Gasteiger partial charge on any atom is -0.469 e. The maximum atomic E-state index is 11.4. The first-order valence-corrected chi connectivity index (χ1v) is 6.27. The second kappa shape index (κ2) is 6.41. The SMILES string of the molecule is COC(=O)C(C)CN(C)c1ccc(C#N)cc1Br. The molecule has 1 unspecified atom stereocenters. The van der Waals surface area contributed by atoms with Crippen LogP contribution >= 0.6 is 15.9 Å². The Bertz CT molecular complexity index is 482. The van der Waals surface area contributed by atoms with E-state index in [1.807, 2.05) is 24.9 Å². The van der Waals surface area contributed by atoms with E-state index in [0.29, 0.717) is 12.1 Å². The van der Waals surface area contributed by atoms with Crippen molar-refractivity contribution in [2.45, 2.75) is 6.92 Å². The van der Waals surface area contributed by atoms with Crippen molar-refractivity contribution in [3.63, 3.8) is 0 Å². The van der Waals surface area contributed by atoms with Crippen molar-refractivity contribution in [3.8, 4) is 6.07 Å². The van der Waals surface area contributed by atoms with Crippen LogP contribution in [0.1, 0.15) is 12.5 Å². The highest BCUT2D eigenvalue weighted by Crippen LogP contribution is 2.27. The third-order valence-corrected chi connectivity index (χ3v) is 3.27. The molecule has 5 heteroatoms. The van der Waals surface area contributed by atoms with Crippen LogP contribution in [0.25, 0.3) is 0 Å². The van der Waals surface area contributed by atoms with E-state index in [0.717, 1.165) is 10.2 Å². The van der Waals surface area contributed by atoms with E-state index in [4.69, 9.17) is 10.00 Å². The lowest BCUT2D eigenvalue weighted by Gasteiger charge is -2.23. The Morgan fingerprint density at radius 1 is 1.61 bits per heavy atom. The van der Waals surface area contributed by atoms with Gasteiger partial charge in [-0.05, 0) is 34.1 Å². The molecular formula is C13H15BrN2O2. The first-order valence-electron chi connectivity index (χ1n) is 5.48. The fourth-order valence-electron chi connectivity index (χ4n) is 1.67. The van der Waals surface area contributed by atoms with Crippen molar-refractivity contribution < 1.29 is 9.53 Å². The number of carbonyl (C=O) groups is 1. The van der Waals surface area contributed by atoms with Gasteiger partial charge in [0.25, 0.3) is 0 Å². The summed E-state index contributed by atoms with van der Waals surface area (Å²) in [5, 5.41) is 8.80. The van der Waals surface area contributed by atoms with E-state index in [1.165, 1.54) is 7.11 Å². The summed E-state index contributed by atoms with van der Waals surface area (Å²) < 4.78 is 5.53. The number of methoxy groups -OCH3 is 1. The van der Waals surface area contributed by atoms with Crippen LogP contribution in [-0.4, -0.2) is 26.7 Å². The largest absolute Gasteiger partial charge is 0.469 e. The van der Waals surface area contributed by atoms with Crippen LogP contribution in [0.3, 0.4) is 0 Å². The fraction of sp³-hybridized carbons (Fsp3) is 0.385. The van der Waals surface area contributed by atoms with Gasteiger partial charge in [0.15, 0.2) is 0 Å². The predicted molar refractivity (Wildman–Crippen MR) is 73.3 cm³/mol. The molecule has 0 spiro atoms. The molecular weight excluding hydrogens is 296 g/mol. The maximum absolute atomic E-state index is 11.4. The van der Waals surface area contributed by atoms with Gasteiger partial charge in [0, 0.05) is 18.1 Å². The number of benzene rings is 1. The Labute approximate surface area is 115 Å². The number of anilines is 1. The zero-order valence-corrected chi connectivity index (χ0v) is 12.2. The summed E-state index contributed by atoms with van der Waals surface area (Å²) in [4.78, 5) is 13.3. The summed E-state index contributed by atoms with van der Waals surface area (Å²) in [5.74, 6) is -0.436. The first-order chi connectivity index (χ1) is 8.49. The smallest absolute Gasteiger partial charge is 0.310 e. The van der Waals surface area contributed by atoms with Crippen molar-refractivity contribution in [2.75, 3.05) is 25.6 Å². The molecule has 0 fully saturated rings. The molecule has 96 valence electrons. The van der Waals surface area contributed by atoms with Crippen LogP contribution in [0.5, 0.6) is 0 Å². The fourth-order valence-corrected chi connectivity index (χ4v) is 2.35. The summed E-state index contributed by atoms with van der Waals surface area (Å²) in [5.41, 5.74) is 1.53. The highest BCUT2D eigenvalue weighted by Gasteiger charge is 2.17. The first kappa shape index (κ1) is 14.5. The molecule has 1 aromatic carbocycles. The molecule has 0 bridgehead atoms. The average Bonchev–Trinajstić information content (AvgIpc) is 2.37. The van der Waals surface area contributed by atoms with Gasteiger partial charge >= 0.3 is 5.97 Å². The molecule has 0 amide bonds. The van der Waals surface area contributed by atoms with E-state index in [1.54, 1.807) is 12.1 Å². The third-order valence-electron chi connectivity index (χ3n) is 2.64. The van der Waals surface area contributed by atoms with Crippen molar-refractivity contribution in [1.82, 2.24) is 0 Å². The Morgan fingerprint density at radius 3 is 2.78 bits per heavy atom. The summed E-state index contributed by atoms with van der Waals surface area (Å²) in [6.07, 6.45) is 0. The number of carbonyl (C=O) groups excluding carboxylic acids is 1. The number of nitriles is 1. The lowest BCUT2D eigenvalue weighted by Crippen LogP contribution is -2.29. The molecule has 0 saturated heterocycles. The van der Waals surface area contributed by atoms with E-state index >= 15 is 0 Å². The predicted octanol–water partition coefficient (Wildman–Crippen LogP) is 2.57. The summed E-state index contributed by atoms with van der Waals surface area (Å²) in [6.45, 7) is 2.37. The molecule has 0 radical (unpaired) electrons. The van der Waals surface area contributed by atoms with Gasteiger partial charge in [-0.25, -0.2) is 0 Å². The quantitative estimate of drug-likeness (QED) is 0.802. The zero-order chi connectivity index (χ0) is 13.7. The van der Waals surface area contributed by atoms with Crippen molar-refractivity contribution >= 4 is 27.6 Å². The number of ether oxygens (including phenoxy) is 1. The van der Waals surface area contributed by atoms with E-state index in [-0.39, 0.29) is 11.9 Å². The molecule has 0 aliphatic rings. The monoisotopic (exact) mass is 310 g/mol. The number of esters is 1. The van der Waals surface area contributed by atoms with Crippen molar-refractivity contribution in [3.05, 3.63) is 28.2 Å². The van der Waals surface area contributed by atoms with Crippen LogP contribution in [0.15, 0.2) is 22.7 Å². The van der Waals surface area contributed by atoms with Crippen molar-refractivity contribution in [2.24, 2.45) is 5.92 Å². The zero-order valence-electron chi connectivity index (χ0n) is 10.6. The van der Waals surface area contributed by atoms with Gasteiger partial charge in [-0.15, -0.1) is 0 Å². The maximum Gasteiger partial charge on any atom is 0.310 e. The van der Waals surface area contributed by atoms with Gasteiger partial charge < -0.3 is 9.64 Å². The standard InChI is InChI=1S/C13H15BrN2O2/c1-9(13(17)18-3)8-16(2)12-5-4-10(7-15)6-11(12)14/h4-6,9H,8H2,1-3H3. The molecule has 0 aliphatic heterocycles. The molecule has 0 aromatic heterocycles. The number of rotatable bonds is 4. The normalized spacial score (nSPS) is 11.5. The number of hydrogen-bond donors (Lipinski definition) is 0. The summed E-state index contributed by atoms with van der Waals surface area (Å²) in [6, 6.07) is 7.44. The molecule has 1 aromatic rings. The minimum atomic E-state index is -0.230. The van der Waals surface area contributed by atoms with Gasteiger partial charge in [0.1, 0.15) is 0 Å². The Kier molecular flexibility index (Phi) is 5.17. The van der Waals surface area contributed by atoms with Gasteiger partial charge in [-0.3, -0.25) is 4.79 Å². The number of halogens is 1. The van der Waals surface area contributed by atoms with Gasteiger partial charge in [-0.1, -0.05) is 6.92 Å². The van der Waals surface area contributed by atoms with Gasteiger partial charge in [-0.2, -0.15) is 5.26 Å². The van der Waals surface area contributed by atoms with Gasteiger partial charge in [0.2, 0.25) is 0 Å². The van der Waals surface area contributed by atoms with Gasteiger partial charge in [0.05, 0.1) is 30.3 Å². The molecule has 0 aliphatic carbocycles. The Balaban J connectivity index is 2.82. The topological polar surface area (TPSA) is 53.3 Å². The summed E-state index contributed by atoms with van der Waals surface area (Å²) in [7, 11) is 3.28. The molecule has 0 N–H and O–H groups in total. The van der Waals surface area contributed by atoms with Crippen LogP contribution in [0, 0.1) is 17.2 Å². The molecule has 1 rings (SSSR count). The lowest BCUT2D eigenvalue weighted by molar-refractivity contribution is -0.144. The molecule has 0 saturated carbocycles. The number of nitrogens with zero attached hydrogens (tertiary/aromatic N) is 2. The molecule has 18 heavy (non-hydrogen) atoms. The second-order valence-corrected chi connectivity index (χ2v) is 4.94. The summed E-state index contributed by atoms with van der Waals surface area (Å²) >= 11 is 3.42. The van der Waals surface area contributed by atoms with E-state index in [9.17, 15) is 4.79 Å². The number of hydrogen-bond acceptors (Lipinski definition) is 4. The van der Waals surface area contributed by atoms with Crippen LogP contribution in [0.2, 0.25) is 0 Å². The molecule has 1 atom stereocenters. The second-order valence-electron chi connectivity index (χ2n) is 4.08. The van der Waals surface area contributed by atoms with E-state index in [2.05, 4.69) is 22.0 Å². The molecule has 4 nitrogen and oxygen atoms in total. The highest BCUT2D eigenvalue weighted by atomic mass is 79.9. The highest BCUT2D eigenvalue weighted by molar-refractivity contribution is 9.10. The molecule has 0 heterocycles. The Morgan fingerprint density at radius 2 is 2.28 bits per heavy atom. The minimum absolute atomic E-state index is 0.206. The van der Waals surface area contributed by atoms with Crippen LogP contribution in [-0.2, 0) is 9.53 Å². The van der Waals surface area contributed by atoms with Crippen LogP contribution < -0.4 is 4.90 Å². The van der Waals surface area contributed by atoms with Crippen molar-refractivity contribution in [1.29, 1.82) is 5.26 Å². The van der Waals surface area contributed by atoms with Crippen LogP contribution in [0.4, 0.5) is 5.69 Å². The van der Waals surface area contributed by atoms with E-state index < -0.39 is 0 Å². The Hall–Kier alpha value is -1.54. The lowest BCUT2D eigenvalue weighted by atomic mass is 10.1.